The van der Waals surface area contributed by atoms with Crippen molar-refractivity contribution in [3.63, 3.8) is 0 Å². The van der Waals surface area contributed by atoms with E-state index in [9.17, 15) is 13.2 Å². The zero-order valence-corrected chi connectivity index (χ0v) is 16.4. The normalized spacial score (nSPS) is 15.6. The topological polar surface area (TPSA) is 104 Å². The smallest absolute Gasteiger partial charge is 0.243 e. The van der Waals surface area contributed by atoms with E-state index in [1.165, 1.54) is 10.4 Å². The highest BCUT2D eigenvalue weighted by atomic mass is 32.2. The van der Waals surface area contributed by atoms with Gasteiger partial charge in [0.2, 0.25) is 15.8 Å². The molecule has 0 atom stereocenters. The van der Waals surface area contributed by atoms with Crippen LogP contribution < -0.4 is 4.90 Å². The van der Waals surface area contributed by atoms with Gasteiger partial charge in [0.25, 0.3) is 0 Å². The molecule has 9 heteroatoms. The standard InChI is InChI=1S/C20H20N4O4S/c25-14-19(26)18-7-8-20(22-21-18)23-9-11-24(12-10-23)29(27,28)17-6-5-15-3-1-2-4-16(15)13-17/h1-8,13,25H,9-12,14H2. The number of aliphatic hydroxyl groups is 1. The lowest BCUT2D eigenvalue weighted by molar-refractivity contribution is 0.0897. The van der Waals surface area contributed by atoms with E-state index in [-0.39, 0.29) is 10.6 Å². The Morgan fingerprint density at radius 3 is 2.31 bits per heavy atom. The largest absolute Gasteiger partial charge is 0.388 e. The molecule has 0 saturated carbocycles. The molecule has 150 valence electrons. The number of anilines is 1. The van der Waals surface area contributed by atoms with Gasteiger partial charge in [0.15, 0.2) is 5.82 Å². The Bertz CT molecular complexity index is 1140. The zero-order valence-electron chi connectivity index (χ0n) is 15.6. The van der Waals surface area contributed by atoms with Gasteiger partial charge >= 0.3 is 0 Å². The SMILES string of the molecule is O=C(CO)c1ccc(N2CCN(S(=O)(=O)c3ccc4ccccc4c3)CC2)nn1. The van der Waals surface area contributed by atoms with E-state index in [2.05, 4.69) is 10.2 Å². The molecule has 0 aliphatic carbocycles. The summed E-state index contributed by atoms with van der Waals surface area (Å²) in [5.74, 6) is 0.0811. The Balaban J connectivity index is 1.47. The molecule has 1 aliphatic rings. The molecule has 0 bridgehead atoms. The van der Waals surface area contributed by atoms with Crippen molar-refractivity contribution in [2.24, 2.45) is 0 Å². The molecule has 2 heterocycles. The van der Waals surface area contributed by atoms with Gasteiger partial charge in [-0.1, -0.05) is 30.3 Å². The van der Waals surface area contributed by atoms with Crippen LogP contribution in [0.25, 0.3) is 10.8 Å². The Morgan fingerprint density at radius 1 is 0.931 bits per heavy atom. The number of hydrogen-bond acceptors (Lipinski definition) is 7. The number of benzene rings is 2. The molecule has 1 aromatic heterocycles. The molecule has 1 aliphatic heterocycles. The molecule has 1 saturated heterocycles. The van der Waals surface area contributed by atoms with Crippen LogP contribution in [-0.4, -0.2) is 66.6 Å². The van der Waals surface area contributed by atoms with Crippen LogP contribution in [0, 0.1) is 0 Å². The molecule has 4 rings (SSSR count). The number of fused-ring (bicyclic) bond motifs is 1. The summed E-state index contributed by atoms with van der Waals surface area (Å²) in [6.07, 6.45) is 0. The van der Waals surface area contributed by atoms with Gasteiger partial charge in [-0.2, -0.15) is 4.31 Å². The maximum absolute atomic E-state index is 13.0. The number of piperazine rings is 1. The van der Waals surface area contributed by atoms with Crippen molar-refractivity contribution in [2.45, 2.75) is 4.90 Å². The molecule has 0 amide bonds. The van der Waals surface area contributed by atoms with Gasteiger partial charge < -0.3 is 10.0 Å². The molecule has 3 aromatic rings. The molecule has 0 unspecified atom stereocenters. The number of hydrogen-bond donors (Lipinski definition) is 1. The molecule has 29 heavy (non-hydrogen) atoms. The van der Waals surface area contributed by atoms with E-state index in [1.807, 2.05) is 35.2 Å². The van der Waals surface area contributed by atoms with Gasteiger partial charge in [-0.25, -0.2) is 8.42 Å². The number of carbonyl (C=O) groups is 1. The van der Waals surface area contributed by atoms with Gasteiger partial charge in [-0.3, -0.25) is 4.79 Å². The number of nitrogens with zero attached hydrogens (tertiary/aromatic N) is 4. The fourth-order valence-corrected chi connectivity index (χ4v) is 4.82. The lowest BCUT2D eigenvalue weighted by Gasteiger charge is -2.34. The number of rotatable bonds is 5. The number of aliphatic hydroxyl groups excluding tert-OH is 1. The van der Waals surface area contributed by atoms with Crippen LogP contribution in [0.1, 0.15) is 10.5 Å². The molecule has 8 nitrogen and oxygen atoms in total. The van der Waals surface area contributed by atoms with E-state index in [1.54, 1.807) is 18.2 Å². The third kappa shape index (κ3) is 3.84. The molecule has 0 radical (unpaired) electrons. The molecule has 0 spiro atoms. The molecule has 1 N–H and O–H groups in total. The summed E-state index contributed by atoms with van der Waals surface area (Å²) in [5, 5.41) is 18.6. The van der Waals surface area contributed by atoms with Gasteiger partial charge in [0, 0.05) is 26.2 Å². The van der Waals surface area contributed by atoms with E-state index in [0.717, 1.165) is 10.8 Å². The number of carbonyl (C=O) groups excluding carboxylic acids is 1. The highest BCUT2D eigenvalue weighted by Gasteiger charge is 2.29. The minimum Gasteiger partial charge on any atom is -0.388 e. The van der Waals surface area contributed by atoms with Crippen molar-refractivity contribution < 1.29 is 18.3 Å². The lowest BCUT2D eigenvalue weighted by atomic mass is 10.1. The van der Waals surface area contributed by atoms with Crippen molar-refractivity contribution in [1.82, 2.24) is 14.5 Å². The van der Waals surface area contributed by atoms with Crippen LogP contribution in [0.3, 0.4) is 0 Å². The zero-order chi connectivity index (χ0) is 20.4. The minimum atomic E-state index is -3.58. The van der Waals surface area contributed by atoms with Crippen LogP contribution >= 0.6 is 0 Å². The lowest BCUT2D eigenvalue weighted by Crippen LogP contribution is -2.49. The summed E-state index contributed by atoms with van der Waals surface area (Å²) >= 11 is 0. The first-order valence-corrected chi connectivity index (χ1v) is 10.6. The molecular formula is C20H20N4O4S. The summed E-state index contributed by atoms with van der Waals surface area (Å²) in [6.45, 7) is 0.977. The highest BCUT2D eigenvalue weighted by Crippen LogP contribution is 2.23. The Hall–Kier alpha value is -2.88. The Labute approximate surface area is 168 Å². The average molecular weight is 412 g/mol. The maximum Gasteiger partial charge on any atom is 0.243 e. The Kier molecular flexibility index (Phi) is 5.27. The second kappa shape index (κ2) is 7.86. The van der Waals surface area contributed by atoms with Crippen molar-refractivity contribution >= 4 is 32.4 Å². The van der Waals surface area contributed by atoms with E-state index < -0.39 is 22.4 Å². The summed E-state index contributed by atoms with van der Waals surface area (Å²) < 4.78 is 27.6. The first-order chi connectivity index (χ1) is 14.0. The molecular weight excluding hydrogens is 392 g/mol. The van der Waals surface area contributed by atoms with Crippen molar-refractivity contribution in [3.8, 4) is 0 Å². The average Bonchev–Trinajstić information content (AvgIpc) is 2.78. The fourth-order valence-electron chi connectivity index (χ4n) is 3.36. The third-order valence-electron chi connectivity index (χ3n) is 5.00. The molecule has 2 aromatic carbocycles. The van der Waals surface area contributed by atoms with Crippen LogP contribution in [0.4, 0.5) is 5.82 Å². The number of Topliss-reactive ketones (excluding diaryl/α,β-unsaturated/α-hetero) is 1. The predicted molar refractivity (Wildman–Crippen MR) is 108 cm³/mol. The first-order valence-electron chi connectivity index (χ1n) is 9.21. The quantitative estimate of drug-likeness (QED) is 0.630. The number of ketones is 1. The van der Waals surface area contributed by atoms with Crippen LogP contribution in [0.5, 0.6) is 0 Å². The highest BCUT2D eigenvalue weighted by molar-refractivity contribution is 7.89. The second-order valence-corrected chi connectivity index (χ2v) is 8.70. The fraction of sp³-hybridized carbons (Fsp3) is 0.250. The maximum atomic E-state index is 13.0. The van der Waals surface area contributed by atoms with Crippen LogP contribution in [-0.2, 0) is 10.0 Å². The summed E-state index contributed by atoms with van der Waals surface area (Å²) in [6, 6.07) is 16.0. The Morgan fingerprint density at radius 2 is 1.66 bits per heavy atom. The van der Waals surface area contributed by atoms with Gasteiger partial charge in [0.1, 0.15) is 12.3 Å². The third-order valence-corrected chi connectivity index (χ3v) is 6.90. The summed E-state index contributed by atoms with van der Waals surface area (Å²) in [7, 11) is -3.58. The van der Waals surface area contributed by atoms with Crippen molar-refractivity contribution in [1.29, 1.82) is 0 Å². The number of sulfonamides is 1. The first kappa shape index (κ1) is 19.4. The monoisotopic (exact) mass is 412 g/mol. The summed E-state index contributed by atoms with van der Waals surface area (Å²) in [4.78, 5) is 13.6. The van der Waals surface area contributed by atoms with Gasteiger partial charge in [-0.05, 0) is 35.0 Å². The van der Waals surface area contributed by atoms with Crippen molar-refractivity contribution in [2.75, 3.05) is 37.7 Å². The van der Waals surface area contributed by atoms with Crippen LogP contribution in [0.2, 0.25) is 0 Å². The van der Waals surface area contributed by atoms with E-state index >= 15 is 0 Å². The second-order valence-electron chi connectivity index (χ2n) is 6.76. The molecule has 1 fully saturated rings. The summed E-state index contributed by atoms with van der Waals surface area (Å²) in [5.41, 5.74) is 0.105. The number of aromatic nitrogens is 2. The van der Waals surface area contributed by atoms with E-state index in [0.29, 0.717) is 32.0 Å². The van der Waals surface area contributed by atoms with Gasteiger partial charge in [-0.15, -0.1) is 10.2 Å². The van der Waals surface area contributed by atoms with E-state index in [4.69, 9.17) is 5.11 Å². The predicted octanol–water partition coefficient (Wildman–Crippen LogP) is 1.32. The van der Waals surface area contributed by atoms with Crippen molar-refractivity contribution in [3.05, 3.63) is 60.3 Å². The minimum absolute atomic E-state index is 0.105. The van der Waals surface area contributed by atoms with Crippen LogP contribution in [0.15, 0.2) is 59.5 Å². The van der Waals surface area contributed by atoms with Gasteiger partial charge in [0.05, 0.1) is 4.90 Å².